The van der Waals surface area contributed by atoms with Crippen molar-refractivity contribution in [2.75, 3.05) is 31.1 Å². The molecule has 1 saturated carbocycles. The molecule has 24 heavy (non-hydrogen) atoms. The number of rotatable bonds is 4. The molecule has 0 bridgehead atoms. The quantitative estimate of drug-likeness (QED) is 0.845. The second kappa shape index (κ2) is 5.51. The van der Waals surface area contributed by atoms with E-state index in [0.717, 1.165) is 44.4 Å². The fourth-order valence-electron chi connectivity index (χ4n) is 4.14. The van der Waals surface area contributed by atoms with Crippen LogP contribution < -0.4 is 4.90 Å². The lowest BCUT2D eigenvalue weighted by Gasteiger charge is -2.21. The van der Waals surface area contributed by atoms with Gasteiger partial charge in [-0.05, 0) is 31.6 Å². The minimum atomic E-state index is 0.683. The first-order valence-corrected chi connectivity index (χ1v) is 8.83. The monoisotopic (exact) mass is 326 g/mol. The van der Waals surface area contributed by atoms with E-state index in [0.29, 0.717) is 23.6 Å². The van der Waals surface area contributed by atoms with Crippen molar-refractivity contribution in [1.82, 2.24) is 25.0 Å². The minimum Gasteiger partial charge on any atom is -0.356 e. The van der Waals surface area contributed by atoms with Crippen LogP contribution in [0, 0.1) is 18.8 Å². The summed E-state index contributed by atoms with van der Waals surface area (Å²) >= 11 is 0. The van der Waals surface area contributed by atoms with Crippen molar-refractivity contribution in [3.8, 4) is 0 Å². The highest BCUT2D eigenvalue weighted by atomic mass is 16.5. The molecule has 7 nitrogen and oxygen atoms in total. The van der Waals surface area contributed by atoms with E-state index in [4.69, 9.17) is 4.52 Å². The van der Waals surface area contributed by atoms with Crippen molar-refractivity contribution < 1.29 is 4.52 Å². The van der Waals surface area contributed by atoms with Crippen molar-refractivity contribution in [1.29, 1.82) is 0 Å². The number of hydrogen-bond acceptors (Lipinski definition) is 7. The molecule has 0 aromatic carbocycles. The average molecular weight is 326 g/mol. The number of aryl methyl sites for hydroxylation is 1. The van der Waals surface area contributed by atoms with Gasteiger partial charge in [0, 0.05) is 43.9 Å². The molecule has 0 amide bonds. The largest absolute Gasteiger partial charge is 0.356 e. The Labute approximate surface area is 141 Å². The zero-order valence-corrected chi connectivity index (χ0v) is 13.9. The first-order chi connectivity index (χ1) is 11.7. The first kappa shape index (κ1) is 14.3. The third kappa shape index (κ3) is 2.66. The smallest absolute Gasteiger partial charge is 0.240 e. The van der Waals surface area contributed by atoms with Crippen molar-refractivity contribution in [2.45, 2.75) is 32.2 Å². The Morgan fingerprint density at radius 1 is 1.12 bits per heavy atom. The predicted octanol–water partition coefficient (Wildman–Crippen LogP) is 1.61. The van der Waals surface area contributed by atoms with Crippen LogP contribution >= 0.6 is 0 Å². The number of fused-ring (bicyclic) bond motifs is 1. The number of hydrogen-bond donors (Lipinski definition) is 0. The van der Waals surface area contributed by atoms with Gasteiger partial charge in [-0.15, -0.1) is 0 Å². The molecular weight excluding hydrogens is 304 g/mol. The van der Waals surface area contributed by atoms with Crippen LogP contribution in [0.15, 0.2) is 16.9 Å². The Hall–Kier alpha value is -2.02. The van der Waals surface area contributed by atoms with Gasteiger partial charge in [-0.1, -0.05) is 5.16 Å². The van der Waals surface area contributed by atoms with Gasteiger partial charge in [-0.25, -0.2) is 9.97 Å². The Balaban J connectivity index is 1.22. The second-order valence-electron chi connectivity index (χ2n) is 7.43. The molecule has 126 valence electrons. The van der Waals surface area contributed by atoms with Crippen LogP contribution in [-0.2, 0) is 6.54 Å². The van der Waals surface area contributed by atoms with Gasteiger partial charge in [0.1, 0.15) is 12.1 Å². The van der Waals surface area contributed by atoms with Crippen LogP contribution in [0.25, 0.3) is 0 Å². The van der Waals surface area contributed by atoms with Crippen molar-refractivity contribution >= 4 is 5.82 Å². The van der Waals surface area contributed by atoms with Crippen molar-refractivity contribution in [2.24, 2.45) is 11.8 Å². The maximum Gasteiger partial charge on any atom is 0.240 e. The zero-order valence-electron chi connectivity index (χ0n) is 13.9. The van der Waals surface area contributed by atoms with E-state index < -0.39 is 0 Å². The van der Waals surface area contributed by atoms with E-state index in [1.54, 1.807) is 6.33 Å². The van der Waals surface area contributed by atoms with Gasteiger partial charge < -0.3 is 9.42 Å². The molecule has 0 N–H and O–H groups in total. The summed E-state index contributed by atoms with van der Waals surface area (Å²) in [5.74, 6) is 4.64. The van der Waals surface area contributed by atoms with Gasteiger partial charge in [0.25, 0.3) is 0 Å². The van der Waals surface area contributed by atoms with Crippen LogP contribution in [0.5, 0.6) is 0 Å². The molecule has 5 rings (SSSR count). The molecule has 2 aliphatic heterocycles. The van der Waals surface area contributed by atoms with E-state index >= 15 is 0 Å². The maximum atomic E-state index is 5.25. The summed E-state index contributed by atoms with van der Waals surface area (Å²) < 4.78 is 5.25. The van der Waals surface area contributed by atoms with Crippen LogP contribution in [0.2, 0.25) is 0 Å². The Morgan fingerprint density at radius 2 is 1.92 bits per heavy atom. The molecule has 2 saturated heterocycles. The number of nitrogens with zero attached hydrogens (tertiary/aromatic N) is 6. The SMILES string of the molecule is Cc1noc(CN2CC3CN(c4cc(C5CC5)ncn4)CC3C2)n1. The maximum absolute atomic E-state index is 5.25. The normalized spacial score (nSPS) is 27.0. The van der Waals surface area contributed by atoms with Gasteiger partial charge >= 0.3 is 0 Å². The molecule has 4 heterocycles. The van der Waals surface area contributed by atoms with Crippen molar-refractivity contribution in [3.63, 3.8) is 0 Å². The summed E-state index contributed by atoms with van der Waals surface area (Å²) in [4.78, 5) is 18.2. The van der Waals surface area contributed by atoms with E-state index in [1.807, 2.05) is 6.92 Å². The Bertz CT molecular complexity index is 728. The van der Waals surface area contributed by atoms with Gasteiger partial charge in [0.15, 0.2) is 5.82 Å². The fourth-order valence-corrected chi connectivity index (χ4v) is 4.14. The van der Waals surface area contributed by atoms with E-state index in [9.17, 15) is 0 Å². The lowest BCUT2D eigenvalue weighted by molar-refractivity contribution is 0.255. The molecule has 1 aliphatic carbocycles. The summed E-state index contributed by atoms with van der Waals surface area (Å²) in [5.41, 5.74) is 1.23. The van der Waals surface area contributed by atoms with Crippen LogP contribution in [-0.4, -0.2) is 51.2 Å². The molecule has 0 spiro atoms. The Kier molecular flexibility index (Phi) is 3.29. The van der Waals surface area contributed by atoms with Crippen LogP contribution in [0.4, 0.5) is 5.82 Å². The number of likely N-dealkylation sites (tertiary alicyclic amines) is 1. The molecule has 2 unspecified atom stereocenters. The standard InChI is InChI=1S/C17H22N6O/c1-11-20-17(24-21-11)9-22-5-13-7-23(8-14(13)6-22)16-4-15(12-2-3-12)18-10-19-16/h4,10,12-14H,2-3,5-9H2,1H3. The average Bonchev–Trinajstić information content (AvgIpc) is 3.09. The van der Waals surface area contributed by atoms with Gasteiger partial charge in [0.05, 0.1) is 6.54 Å². The topological polar surface area (TPSA) is 71.2 Å². The van der Waals surface area contributed by atoms with Gasteiger partial charge in [-0.3, -0.25) is 4.90 Å². The molecule has 2 atom stereocenters. The van der Waals surface area contributed by atoms with E-state index in [1.165, 1.54) is 18.5 Å². The van der Waals surface area contributed by atoms with Crippen LogP contribution in [0.3, 0.4) is 0 Å². The van der Waals surface area contributed by atoms with Gasteiger partial charge in [0.2, 0.25) is 5.89 Å². The first-order valence-electron chi connectivity index (χ1n) is 8.83. The van der Waals surface area contributed by atoms with E-state index in [-0.39, 0.29) is 0 Å². The minimum absolute atomic E-state index is 0.683. The third-order valence-electron chi connectivity index (χ3n) is 5.48. The van der Waals surface area contributed by atoms with E-state index in [2.05, 4.69) is 36.0 Å². The highest BCUT2D eigenvalue weighted by Gasteiger charge is 2.41. The molecule has 7 heteroatoms. The van der Waals surface area contributed by atoms with Crippen molar-refractivity contribution in [3.05, 3.63) is 29.8 Å². The summed E-state index contributed by atoms with van der Waals surface area (Å²) in [6.07, 6.45) is 4.30. The molecule has 2 aromatic heterocycles. The number of aromatic nitrogens is 4. The zero-order chi connectivity index (χ0) is 16.1. The molecular formula is C17H22N6O. The molecule has 3 fully saturated rings. The highest BCUT2D eigenvalue weighted by Crippen LogP contribution is 2.40. The lowest BCUT2D eigenvalue weighted by Crippen LogP contribution is -2.29. The van der Waals surface area contributed by atoms with Gasteiger partial charge in [-0.2, -0.15) is 4.98 Å². The second-order valence-corrected chi connectivity index (χ2v) is 7.43. The fraction of sp³-hybridized carbons (Fsp3) is 0.647. The Morgan fingerprint density at radius 3 is 2.58 bits per heavy atom. The summed E-state index contributed by atoms with van der Waals surface area (Å²) in [6.45, 7) is 7.01. The summed E-state index contributed by atoms with van der Waals surface area (Å²) in [5, 5.41) is 3.87. The molecule has 2 aromatic rings. The predicted molar refractivity (Wildman–Crippen MR) is 87.5 cm³/mol. The molecule has 0 radical (unpaired) electrons. The lowest BCUT2D eigenvalue weighted by atomic mass is 10.0. The third-order valence-corrected chi connectivity index (χ3v) is 5.48. The number of anilines is 1. The summed E-state index contributed by atoms with van der Waals surface area (Å²) in [7, 11) is 0. The molecule has 3 aliphatic rings. The van der Waals surface area contributed by atoms with Crippen LogP contribution in [0.1, 0.15) is 36.2 Å². The highest BCUT2D eigenvalue weighted by molar-refractivity contribution is 5.42. The summed E-state index contributed by atoms with van der Waals surface area (Å²) in [6, 6.07) is 2.21.